The van der Waals surface area contributed by atoms with Crippen LogP contribution in [0.3, 0.4) is 0 Å². The lowest BCUT2D eigenvalue weighted by atomic mass is 10.0. The second-order valence-electron chi connectivity index (χ2n) is 5.20. The average molecular weight is 383 g/mol. The molecule has 0 aliphatic carbocycles. The van der Waals surface area contributed by atoms with Crippen molar-refractivity contribution >= 4 is 40.6 Å². The molecular weight excluding hydrogens is 368 g/mol. The first kappa shape index (κ1) is 20.3. The van der Waals surface area contributed by atoms with Gasteiger partial charge in [-0.1, -0.05) is 37.0 Å². The first-order valence-electron chi connectivity index (χ1n) is 6.82. The Morgan fingerprint density at radius 1 is 1.17 bits per heavy atom. The topological polar surface area (TPSA) is 58.2 Å². The number of alkyl halides is 3. The van der Waals surface area contributed by atoms with E-state index in [1.807, 2.05) is 0 Å². The summed E-state index contributed by atoms with van der Waals surface area (Å²) in [5, 5.41) is 5.64. The lowest BCUT2D eigenvalue weighted by Crippen LogP contribution is -2.42. The lowest BCUT2D eigenvalue weighted by molar-refractivity contribution is -0.165. The summed E-state index contributed by atoms with van der Waals surface area (Å²) in [5.74, 6) is -2.76. The van der Waals surface area contributed by atoms with Crippen LogP contribution in [0.1, 0.15) is 13.8 Å². The number of nitrogens with one attached hydrogen (secondary N) is 2. The predicted molar refractivity (Wildman–Crippen MR) is 87.1 cm³/mol. The number of rotatable bonds is 6. The molecule has 4 nitrogen and oxygen atoms in total. The maximum Gasteiger partial charge on any atom is 0.454 e. The van der Waals surface area contributed by atoms with E-state index in [0.29, 0.717) is 16.8 Å². The molecule has 0 bridgehead atoms. The standard InChI is InChI=1S/C15H15Cl2F3N2O2/c1-8(2)13(21-6-5-12(23)15(18,19)20)14(24)22-9-3-4-10(16)11(17)7-9/h3-8,13,21H,1-2H3,(H,22,24)/b6-5+. The highest BCUT2D eigenvalue weighted by Crippen LogP contribution is 2.25. The van der Waals surface area contributed by atoms with E-state index in [-0.39, 0.29) is 10.9 Å². The highest BCUT2D eigenvalue weighted by atomic mass is 35.5. The molecule has 2 N–H and O–H groups in total. The summed E-state index contributed by atoms with van der Waals surface area (Å²) in [4.78, 5) is 23.0. The molecule has 0 fully saturated rings. The second-order valence-corrected chi connectivity index (χ2v) is 6.02. The van der Waals surface area contributed by atoms with Crippen LogP contribution in [0.2, 0.25) is 10.0 Å². The van der Waals surface area contributed by atoms with E-state index >= 15 is 0 Å². The third-order valence-electron chi connectivity index (χ3n) is 2.93. The Balaban J connectivity index is 2.77. The number of halogens is 5. The summed E-state index contributed by atoms with van der Waals surface area (Å²) < 4.78 is 36.4. The quantitative estimate of drug-likeness (QED) is 0.725. The van der Waals surface area contributed by atoms with Crippen molar-refractivity contribution in [3.8, 4) is 0 Å². The number of ketones is 1. The van der Waals surface area contributed by atoms with Crippen LogP contribution < -0.4 is 10.6 Å². The fraction of sp³-hybridized carbons (Fsp3) is 0.333. The molecule has 0 aliphatic rings. The maximum absolute atomic E-state index is 12.2. The largest absolute Gasteiger partial charge is 0.454 e. The zero-order chi connectivity index (χ0) is 18.5. The fourth-order valence-electron chi connectivity index (χ4n) is 1.69. The maximum atomic E-state index is 12.2. The van der Waals surface area contributed by atoms with Gasteiger partial charge in [0.2, 0.25) is 5.91 Å². The van der Waals surface area contributed by atoms with Crippen LogP contribution in [0.5, 0.6) is 0 Å². The summed E-state index contributed by atoms with van der Waals surface area (Å²) in [6.07, 6.45) is -3.80. The monoisotopic (exact) mass is 382 g/mol. The smallest absolute Gasteiger partial charge is 0.379 e. The zero-order valence-electron chi connectivity index (χ0n) is 12.7. The van der Waals surface area contributed by atoms with Crippen molar-refractivity contribution < 1.29 is 22.8 Å². The minimum Gasteiger partial charge on any atom is -0.379 e. The van der Waals surface area contributed by atoms with Crippen LogP contribution in [-0.4, -0.2) is 23.9 Å². The van der Waals surface area contributed by atoms with Crippen molar-refractivity contribution in [2.24, 2.45) is 5.92 Å². The summed E-state index contributed by atoms with van der Waals surface area (Å²) >= 11 is 11.6. The highest BCUT2D eigenvalue weighted by molar-refractivity contribution is 6.42. The highest BCUT2D eigenvalue weighted by Gasteiger charge is 2.36. The zero-order valence-corrected chi connectivity index (χ0v) is 14.3. The second kappa shape index (κ2) is 8.39. The molecule has 1 amide bonds. The summed E-state index contributed by atoms with van der Waals surface area (Å²) in [7, 11) is 0. The number of hydrogen-bond donors (Lipinski definition) is 2. The summed E-state index contributed by atoms with van der Waals surface area (Å²) in [6.45, 7) is 3.40. The van der Waals surface area contributed by atoms with Crippen molar-refractivity contribution in [3.63, 3.8) is 0 Å². The SMILES string of the molecule is CC(C)C(N/C=C/C(=O)C(F)(F)F)C(=O)Nc1ccc(Cl)c(Cl)c1. The Hall–Kier alpha value is -1.73. The van der Waals surface area contributed by atoms with E-state index in [1.54, 1.807) is 13.8 Å². The number of hydrogen-bond acceptors (Lipinski definition) is 3. The molecule has 0 radical (unpaired) electrons. The molecule has 1 aromatic carbocycles. The van der Waals surface area contributed by atoms with Crippen molar-refractivity contribution in [3.05, 3.63) is 40.5 Å². The minimum atomic E-state index is -4.95. The third-order valence-corrected chi connectivity index (χ3v) is 3.67. The van der Waals surface area contributed by atoms with E-state index in [1.165, 1.54) is 18.2 Å². The molecule has 0 saturated heterocycles. The number of carbonyl (C=O) groups excluding carboxylic acids is 2. The lowest BCUT2D eigenvalue weighted by Gasteiger charge is -2.20. The van der Waals surface area contributed by atoms with Crippen molar-refractivity contribution in [1.29, 1.82) is 0 Å². The van der Waals surface area contributed by atoms with Gasteiger partial charge in [0, 0.05) is 18.0 Å². The normalized spacial score (nSPS) is 13.2. The Bertz CT molecular complexity index is 646. The molecule has 24 heavy (non-hydrogen) atoms. The molecule has 0 aromatic heterocycles. The molecule has 1 atom stereocenters. The van der Waals surface area contributed by atoms with Crippen molar-refractivity contribution in [2.75, 3.05) is 5.32 Å². The van der Waals surface area contributed by atoms with Crippen LogP contribution in [0, 0.1) is 5.92 Å². The van der Waals surface area contributed by atoms with Crippen LogP contribution in [0.4, 0.5) is 18.9 Å². The molecule has 1 aromatic rings. The van der Waals surface area contributed by atoms with Crippen molar-refractivity contribution in [1.82, 2.24) is 5.32 Å². The number of anilines is 1. The Kier molecular flexibility index (Phi) is 7.10. The van der Waals surface area contributed by atoms with E-state index in [4.69, 9.17) is 23.2 Å². The molecule has 132 valence electrons. The third kappa shape index (κ3) is 6.05. The Morgan fingerprint density at radius 2 is 1.79 bits per heavy atom. The van der Waals surface area contributed by atoms with Gasteiger partial charge in [0.25, 0.3) is 5.78 Å². The molecule has 1 rings (SSSR count). The van der Waals surface area contributed by atoms with Gasteiger partial charge < -0.3 is 10.6 Å². The number of carbonyl (C=O) groups is 2. The Morgan fingerprint density at radius 3 is 2.29 bits per heavy atom. The molecular formula is C15H15Cl2F3N2O2. The summed E-state index contributed by atoms with van der Waals surface area (Å²) in [5.41, 5.74) is 0.386. The Labute approximate surface area is 147 Å². The van der Waals surface area contributed by atoms with Crippen LogP contribution in [0.15, 0.2) is 30.5 Å². The van der Waals surface area contributed by atoms with Gasteiger partial charge in [-0.3, -0.25) is 9.59 Å². The molecule has 0 spiro atoms. The van der Waals surface area contributed by atoms with Gasteiger partial charge in [0.1, 0.15) is 6.04 Å². The van der Waals surface area contributed by atoms with Gasteiger partial charge in [0.05, 0.1) is 10.0 Å². The average Bonchev–Trinajstić information content (AvgIpc) is 2.45. The molecule has 1 unspecified atom stereocenters. The summed E-state index contributed by atoms with van der Waals surface area (Å²) in [6, 6.07) is 3.63. The molecule has 0 heterocycles. The van der Waals surface area contributed by atoms with E-state index in [2.05, 4.69) is 10.6 Å². The van der Waals surface area contributed by atoms with Gasteiger partial charge in [-0.2, -0.15) is 13.2 Å². The van der Waals surface area contributed by atoms with Crippen LogP contribution >= 0.6 is 23.2 Å². The van der Waals surface area contributed by atoms with E-state index < -0.39 is 23.9 Å². The van der Waals surface area contributed by atoms with E-state index in [9.17, 15) is 22.8 Å². The minimum absolute atomic E-state index is 0.249. The van der Waals surface area contributed by atoms with Crippen molar-refractivity contribution in [2.45, 2.75) is 26.1 Å². The van der Waals surface area contributed by atoms with Gasteiger partial charge >= 0.3 is 6.18 Å². The number of amides is 1. The first-order valence-corrected chi connectivity index (χ1v) is 7.57. The van der Waals surface area contributed by atoms with Gasteiger partial charge in [0.15, 0.2) is 0 Å². The van der Waals surface area contributed by atoms with Crippen LogP contribution in [-0.2, 0) is 9.59 Å². The first-order chi connectivity index (χ1) is 11.0. The van der Waals surface area contributed by atoms with E-state index in [0.717, 1.165) is 6.20 Å². The number of allylic oxidation sites excluding steroid dienone is 1. The van der Waals surface area contributed by atoms with Crippen LogP contribution in [0.25, 0.3) is 0 Å². The molecule has 9 heteroatoms. The van der Waals surface area contributed by atoms with Gasteiger partial charge in [-0.15, -0.1) is 0 Å². The number of benzene rings is 1. The van der Waals surface area contributed by atoms with Gasteiger partial charge in [-0.05, 0) is 24.1 Å². The predicted octanol–water partition coefficient (Wildman–Crippen LogP) is 4.19. The van der Waals surface area contributed by atoms with Gasteiger partial charge in [-0.25, -0.2) is 0 Å². The molecule has 0 saturated carbocycles. The molecule has 0 aliphatic heterocycles. The fourth-order valence-corrected chi connectivity index (χ4v) is 1.98.